The van der Waals surface area contributed by atoms with Gasteiger partial charge in [0.25, 0.3) is 0 Å². The molecule has 0 aromatic carbocycles. The van der Waals surface area contributed by atoms with Gasteiger partial charge in [0.05, 0.1) is 0 Å². The highest BCUT2D eigenvalue weighted by atomic mass is 15.2. The molecule has 1 saturated heterocycles. The van der Waals surface area contributed by atoms with Crippen LogP contribution < -0.4 is 10.2 Å². The zero-order valence-corrected chi connectivity index (χ0v) is 10.6. The molecule has 0 spiro atoms. The van der Waals surface area contributed by atoms with Crippen molar-refractivity contribution in [1.82, 2.24) is 15.3 Å². The highest BCUT2D eigenvalue weighted by Crippen LogP contribution is 2.17. The molecule has 1 fully saturated rings. The molecule has 4 nitrogen and oxygen atoms in total. The van der Waals surface area contributed by atoms with Crippen LogP contribution in [-0.2, 0) is 0 Å². The van der Waals surface area contributed by atoms with Gasteiger partial charge < -0.3 is 10.2 Å². The number of nitrogens with zero attached hydrogens (tertiary/aromatic N) is 3. The third-order valence-corrected chi connectivity index (χ3v) is 3.32. The molecular weight excluding hydrogens is 212 g/mol. The van der Waals surface area contributed by atoms with E-state index in [-0.39, 0.29) is 0 Å². The molecule has 4 heteroatoms. The van der Waals surface area contributed by atoms with Gasteiger partial charge in [-0.25, -0.2) is 9.97 Å². The van der Waals surface area contributed by atoms with Gasteiger partial charge in [0, 0.05) is 19.3 Å². The Morgan fingerprint density at radius 1 is 1.41 bits per heavy atom. The Hall–Kier alpha value is -1.16. The molecule has 2 rings (SSSR count). The second-order valence-corrected chi connectivity index (χ2v) is 4.71. The third kappa shape index (κ3) is 3.66. The summed E-state index contributed by atoms with van der Waals surface area (Å²) in [6.07, 6.45) is 7.19. The fourth-order valence-electron chi connectivity index (χ4n) is 2.42. The molecular formula is C13H22N4. The van der Waals surface area contributed by atoms with Crippen LogP contribution in [0.2, 0.25) is 0 Å². The molecule has 0 saturated carbocycles. The quantitative estimate of drug-likeness (QED) is 0.842. The smallest absolute Gasteiger partial charge is 0.131 e. The van der Waals surface area contributed by atoms with Gasteiger partial charge >= 0.3 is 0 Å². The lowest BCUT2D eigenvalue weighted by molar-refractivity contribution is 0.372. The van der Waals surface area contributed by atoms with Crippen molar-refractivity contribution in [2.24, 2.45) is 5.92 Å². The lowest BCUT2D eigenvalue weighted by Gasteiger charge is -2.30. The summed E-state index contributed by atoms with van der Waals surface area (Å²) in [6, 6.07) is 2.01. The van der Waals surface area contributed by atoms with Gasteiger partial charge in [0.2, 0.25) is 0 Å². The van der Waals surface area contributed by atoms with E-state index in [0.29, 0.717) is 0 Å². The van der Waals surface area contributed by atoms with Crippen LogP contribution in [0.3, 0.4) is 0 Å². The zero-order valence-electron chi connectivity index (χ0n) is 10.6. The van der Waals surface area contributed by atoms with Crippen LogP contribution in [-0.4, -0.2) is 36.1 Å². The van der Waals surface area contributed by atoms with Gasteiger partial charge in [0.1, 0.15) is 12.1 Å². The van der Waals surface area contributed by atoms with E-state index >= 15 is 0 Å². The van der Waals surface area contributed by atoms with Crippen LogP contribution in [0, 0.1) is 5.92 Å². The van der Waals surface area contributed by atoms with Crippen LogP contribution in [0.25, 0.3) is 0 Å². The Kier molecular flexibility index (Phi) is 4.74. The second-order valence-electron chi connectivity index (χ2n) is 4.71. The fourth-order valence-corrected chi connectivity index (χ4v) is 2.42. The lowest BCUT2D eigenvalue weighted by atomic mass is 9.97. The first kappa shape index (κ1) is 12.3. The van der Waals surface area contributed by atoms with E-state index in [2.05, 4.69) is 27.1 Å². The minimum absolute atomic E-state index is 0.803. The summed E-state index contributed by atoms with van der Waals surface area (Å²) in [5.41, 5.74) is 0. The van der Waals surface area contributed by atoms with E-state index in [0.717, 1.165) is 44.3 Å². The Morgan fingerprint density at radius 2 is 2.24 bits per heavy atom. The molecule has 0 bridgehead atoms. The van der Waals surface area contributed by atoms with Crippen molar-refractivity contribution in [1.29, 1.82) is 0 Å². The molecule has 94 valence electrons. The van der Waals surface area contributed by atoms with Crippen molar-refractivity contribution in [3.63, 3.8) is 0 Å². The van der Waals surface area contributed by atoms with Crippen LogP contribution in [0.4, 0.5) is 5.82 Å². The molecule has 1 N–H and O–H groups in total. The molecule has 1 aliphatic heterocycles. The number of hydrogen-bond acceptors (Lipinski definition) is 4. The number of anilines is 1. The Labute approximate surface area is 103 Å². The van der Waals surface area contributed by atoms with Gasteiger partial charge in [0.15, 0.2) is 0 Å². The first-order chi connectivity index (χ1) is 8.40. The van der Waals surface area contributed by atoms with Gasteiger partial charge in [-0.3, -0.25) is 0 Å². The molecule has 1 aliphatic rings. The molecule has 2 heterocycles. The van der Waals surface area contributed by atoms with Gasteiger partial charge in [-0.15, -0.1) is 0 Å². The van der Waals surface area contributed by atoms with Crippen LogP contribution in [0.1, 0.15) is 26.2 Å². The molecule has 0 aliphatic carbocycles. The predicted octanol–water partition coefficient (Wildman–Crippen LogP) is 1.69. The molecule has 17 heavy (non-hydrogen) atoms. The summed E-state index contributed by atoms with van der Waals surface area (Å²) in [7, 11) is 0. The topological polar surface area (TPSA) is 41.0 Å². The van der Waals surface area contributed by atoms with E-state index in [1.165, 1.54) is 12.8 Å². The fraction of sp³-hybridized carbons (Fsp3) is 0.692. The van der Waals surface area contributed by atoms with Gasteiger partial charge in [-0.05, 0) is 44.3 Å². The molecule has 0 atom stereocenters. The lowest BCUT2D eigenvalue weighted by Crippen LogP contribution is -2.37. The van der Waals surface area contributed by atoms with E-state index < -0.39 is 0 Å². The molecule has 1 aromatic rings. The summed E-state index contributed by atoms with van der Waals surface area (Å²) in [4.78, 5) is 10.7. The SMILES string of the molecule is CCCN(CC1CCNCC1)c1ccncn1. The molecule has 0 amide bonds. The van der Waals surface area contributed by atoms with E-state index in [1.54, 1.807) is 6.33 Å². The van der Waals surface area contributed by atoms with Crippen molar-refractivity contribution in [3.8, 4) is 0 Å². The normalized spacial score (nSPS) is 17.0. The van der Waals surface area contributed by atoms with Crippen molar-refractivity contribution in [3.05, 3.63) is 18.6 Å². The highest BCUT2D eigenvalue weighted by Gasteiger charge is 2.17. The standard InChI is InChI=1S/C13H22N4/c1-2-9-17(13-5-8-15-11-16-13)10-12-3-6-14-7-4-12/h5,8,11-12,14H,2-4,6-7,9-10H2,1H3. The van der Waals surface area contributed by atoms with Crippen LogP contribution in [0.15, 0.2) is 18.6 Å². The number of aromatic nitrogens is 2. The largest absolute Gasteiger partial charge is 0.356 e. The summed E-state index contributed by atoms with van der Waals surface area (Å²) < 4.78 is 0. The van der Waals surface area contributed by atoms with Crippen molar-refractivity contribution in [2.45, 2.75) is 26.2 Å². The average Bonchev–Trinajstić information content (AvgIpc) is 2.40. The number of hydrogen-bond donors (Lipinski definition) is 1. The Bertz CT molecular complexity index is 308. The summed E-state index contributed by atoms with van der Waals surface area (Å²) in [6.45, 7) is 6.76. The number of piperidine rings is 1. The molecule has 1 aromatic heterocycles. The molecule has 0 radical (unpaired) electrons. The maximum absolute atomic E-state index is 4.36. The van der Waals surface area contributed by atoms with Crippen LogP contribution >= 0.6 is 0 Å². The van der Waals surface area contributed by atoms with Crippen molar-refractivity contribution >= 4 is 5.82 Å². The Morgan fingerprint density at radius 3 is 2.88 bits per heavy atom. The highest BCUT2D eigenvalue weighted by molar-refractivity contribution is 5.36. The first-order valence-corrected chi connectivity index (χ1v) is 6.62. The van der Waals surface area contributed by atoms with Gasteiger partial charge in [-0.1, -0.05) is 6.92 Å². The number of nitrogens with one attached hydrogen (secondary N) is 1. The zero-order chi connectivity index (χ0) is 11.9. The van der Waals surface area contributed by atoms with E-state index in [1.807, 2.05) is 12.3 Å². The van der Waals surface area contributed by atoms with E-state index in [4.69, 9.17) is 0 Å². The van der Waals surface area contributed by atoms with E-state index in [9.17, 15) is 0 Å². The van der Waals surface area contributed by atoms with Crippen LogP contribution in [0.5, 0.6) is 0 Å². The first-order valence-electron chi connectivity index (χ1n) is 6.62. The van der Waals surface area contributed by atoms with Crippen molar-refractivity contribution < 1.29 is 0 Å². The molecule has 0 unspecified atom stereocenters. The minimum Gasteiger partial charge on any atom is -0.356 e. The predicted molar refractivity (Wildman–Crippen MR) is 70.1 cm³/mol. The summed E-state index contributed by atoms with van der Waals surface area (Å²) in [5, 5.41) is 3.42. The van der Waals surface area contributed by atoms with Crippen molar-refractivity contribution in [2.75, 3.05) is 31.1 Å². The maximum Gasteiger partial charge on any atom is 0.131 e. The third-order valence-electron chi connectivity index (χ3n) is 3.32. The maximum atomic E-state index is 4.36. The Balaban J connectivity index is 1.96. The monoisotopic (exact) mass is 234 g/mol. The summed E-state index contributed by atoms with van der Waals surface area (Å²) in [5.74, 6) is 1.87. The average molecular weight is 234 g/mol. The second kappa shape index (κ2) is 6.55. The summed E-state index contributed by atoms with van der Waals surface area (Å²) >= 11 is 0. The van der Waals surface area contributed by atoms with Gasteiger partial charge in [-0.2, -0.15) is 0 Å². The number of rotatable bonds is 5. The minimum atomic E-state index is 0.803.